The molecule has 0 aliphatic rings. The van der Waals surface area contributed by atoms with Crippen molar-refractivity contribution >= 4 is 0 Å². The molecule has 0 bridgehead atoms. The first-order valence-electron chi connectivity index (χ1n) is 5.11. The number of rotatable bonds is 4. The van der Waals surface area contributed by atoms with Crippen LogP contribution in [0, 0.1) is 11.7 Å². The van der Waals surface area contributed by atoms with Crippen LogP contribution in [0.2, 0.25) is 0 Å². The molecule has 0 fully saturated rings. The van der Waals surface area contributed by atoms with Crippen molar-refractivity contribution in [3.63, 3.8) is 0 Å². The van der Waals surface area contributed by atoms with E-state index in [-0.39, 0.29) is 5.75 Å². The molecule has 3 heteroatoms. The van der Waals surface area contributed by atoms with Crippen LogP contribution in [0.1, 0.15) is 32.4 Å². The molecular formula is C12H17FO2. The van der Waals surface area contributed by atoms with Crippen LogP contribution >= 0.6 is 0 Å². The number of benzene rings is 1. The molecule has 0 aliphatic heterocycles. The summed E-state index contributed by atoms with van der Waals surface area (Å²) in [6.45, 7) is 6.10. The van der Waals surface area contributed by atoms with Gasteiger partial charge in [0.25, 0.3) is 0 Å². The molecule has 1 N–H and O–H groups in total. The topological polar surface area (TPSA) is 29.5 Å². The molecule has 1 aromatic carbocycles. The Morgan fingerprint density at radius 2 is 2.00 bits per heavy atom. The van der Waals surface area contributed by atoms with Gasteiger partial charge in [0.15, 0.2) is 11.6 Å². The molecule has 1 rings (SSSR count). The van der Waals surface area contributed by atoms with Crippen LogP contribution in [0.25, 0.3) is 0 Å². The molecule has 1 atom stereocenters. The van der Waals surface area contributed by atoms with Gasteiger partial charge in [-0.15, -0.1) is 0 Å². The minimum Gasteiger partial charge on any atom is -0.490 e. The number of halogens is 1. The van der Waals surface area contributed by atoms with Crippen molar-refractivity contribution in [1.29, 1.82) is 0 Å². The molecule has 0 unspecified atom stereocenters. The fraction of sp³-hybridized carbons (Fsp3) is 0.500. The normalized spacial score (nSPS) is 12.9. The Hall–Kier alpha value is -1.09. The molecule has 15 heavy (non-hydrogen) atoms. The van der Waals surface area contributed by atoms with Gasteiger partial charge in [0.05, 0.1) is 12.7 Å². The lowest BCUT2D eigenvalue weighted by Crippen LogP contribution is -2.06. The van der Waals surface area contributed by atoms with E-state index in [4.69, 9.17) is 4.74 Å². The molecule has 2 nitrogen and oxygen atoms in total. The number of ether oxygens (including phenoxy) is 1. The Balaban J connectivity index is 2.75. The van der Waals surface area contributed by atoms with E-state index in [9.17, 15) is 9.50 Å². The maximum atomic E-state index is 13.4. The first-order valence-corrected chi connectivity index (χ1v) is 5.11. The van der Waals surface area contributed by atoms with Crippen molar-refractivity contribution in [3.8, 4) is 5.75 Å². The summed E-state index contributed by atoms with van der Waals surface area (Å²) in [5.41, 5.74) is 0.560. The lowest BCUT2D eigenvalue weighted by atomic mass is 10.1. The quantitative estimate of drug-likeness (QED) is 0.831. The molecule has 1 aromatic rings. The van der Waals surface area contributed by atoms with Crippen LogP contribution in [-0.4, -0.2) is 11.7 Å². The highest BCUT2D eigenvalue weighted by Gasteiger charge is 2.08. The van der Waals surface area contributed by atoms with Crippen LogP contribution in [0.15, 0.2) is 18.2 Å². The van der Waals surface area contributed by atoms with Crippen LogP contribution in [0.5, 0.6) is 5.75 Å². The lowest BCUT2D eigenvalue weighted by molar-refractivity contribution is 0.198. The van der Waals surface area contributed by atoms with Crippen molar-refractivity contribution in [2.45, 2.75) is 26.9 Å². The minimum absolute atomic E-state index is 0.244. The second kappa shape index (κ2) is 5.12. The van der Waals surface area contributed by atoms with Gasteiger partial charge in [0, 0.05) is 0 Å². The largest absolute Gasteiger partial charge is 0.490 e. The van der Waals surface area contributed by atoms with Gasteiger partial charge in [0.2, 0.25) is 0 Å². The zero-order chi connectivity index (χ0) is 11.4. The van der Waals surface area contributed by atoms with Gasteiger partial charge in [-0.05, 0) is 30.5 Å². The predicted molar refractivity (Wildman–Crippen MR) is 57.4 cm³/mol. The smallest absolute Gasteiger partial charge is 0.165 e. The minimum atomic E-state index is -0.654. The third-order valence-electron chi connectivity index (χ3n) is 2.01. The first kappa shape index (κ1) is 12.0. The summed E-state index contributed by atoms with van der Waals surface area (Å²) >= 11 is 0. The fourth-order valence-electron chi connectivity index (χ4n) is 1.15. The summed E-state index contributed by atoms with van der Waals surface area (Å²) in [7, 11) is 0. The number of hydrogen-bond acceptors (Lipinski definition) is 2. The molecule has 0 aliphatic carbocycles. The predicted octanol–water partition coefficient (Wildman–Crippen LogP) is 2.91. The highest BCUT2D eigenvalue weighted by Crippen LogP contribution is 2.22. The van der Waals surface area contributed by atoms with E-state index >= 15 is 0 Å². The SMILES string of the molecule is CC(C)COc1ccc([C@H](C)O)cc1F. The Kier molecular flexibility index (Phi) is 4.09. The molecule has 0 amide bonds. The molecule has 0 radical (unpaired) electrons. The van der Waals surface area contributed by atoms with Crippen molar-refractivity contribution < 1.29 is 14.2 Å². The Bertz CT molecular complexity index is 321. The van der Waals surface area contributed by atoms with Crippen LogP contribution in [-0.2, 0) is 0 Å². The maximum Gasteiger partial charge on any atom is 0.165 e. The van der Waals surface area contributed by atoms with Gasteiger partial charge >= 0.3 is 0 Å². The van der Waals surface area contributed by atoms with E-state index in [1.165, 1.54) is 6.07 Å². The monoisotopic (exact) mass is 212 g/mol. The van der Waals surface area contributed by atoms with Gasteiger partial charge in [0.1, 0.15) is 0 Å². The van der Waals surface area contributed by atoms with Gasteiger partial charge < -0.3 is 9.84 Å². The van der Waals surface area contributed by atoms with Crippen LogP contribution < -0.4 is 4.74 Å². The molecule has 0 aromatic heterocycles. The molecule has 0 heterocycles. The van der Waals surface area contributed by atoms with E-state index in [0.717, 1.165) is 0 Å². The van der Waals surface area contributed by atoms with Crippen molar-refractivity contribution in [2.75, 3.05) is 6.61 Å². The highest BCUT2D eigenvalue weighted by molar-refractivity contribution is 5.30. The Morgan fingerprint density at radius 3 is 2.47 bits per heavy atom. The molecule has 0 saturated carbocycles. The van der Waals surface area contributed by atoms with Gasteiger partial charge in [-0.3, -0.25) is 0 Å². The van der Waals surface area contributed by atoms with E-state index in [2.05, 4.69) is 0 Å². The average Bonchev–Trinajstić information content (AvgIpc) is 2.15. The van der Waals surface area contributed by atoms with Gasteiger partial charge in [-0.2, -0.15) is 0 Å². The standard InChI is InChI=1S/C12H17FO2/c1-8(2)7-15-12-5-4-10(9(3)14)6-11(12)13/h4-6,8-9,14H,7H2,1-3H3/t9-/m0/s1. The van der Waals surface area contributed by atoms with Gasteiger partial charge in [-0.1, -0.05) is 19.9 Å². The molecule has 0 saturated heterocycles. The summed E-state index contributed by atoms with van der Waals surface area (Å²) < 4.78 is 18.7. The van der Waals surface area contributed by atoms with E-state index < -0.39 is 11.9 Å². The fourth-order valence-corrected chi connectivity index (χ4v) is 1.15. The van der Waals surface area contributed by atoms with E-state index in [1.807, 2.05) is 13.8 Å². The summed E-state index contributed by atoms with van der Waals surface area (Å²) in [6.07, 6.45) is -0.654. The second-order valence-corrected chi connectivity index (χ2v) is 4.07. The molecule has 0 spiro atoms. The van der Waals surface area contributed by atoms with Crippen molar-refractivity contribution in [3.05, 3.63) is 29.6 Å². The van der Waals surface area contributed by atoms with Crippen LogP contribution in [0.3, 0.4) is 0 Å². The molecular weight excluding hydrogens is 195 g/mol. The lowest BCUT2D eigenvalue weighted by Gasteiger charge is -2.11. The average molecular weight is 212 g/mol. The summed E-state index contributed by atoms with van der Waals surface area (Å²) in [5.74, 6) is 0.183. The zero-order valence-corrected chi connectivity index (χ0v) is 9.33. The highest BCUT2D eigenvalue weighted by atomic mass is 19.1. The number of hydrogen-bond donors (Lipinski definition) is 1. The molecule has 84 valence electrons. The van der Waals surface area contributed by atoms with Gasteiger partial charge in [-0.25, -0.2) is 4.39 Å². The third kappa shape index (κ3) is 3.51. The Morgan fingerprint density at radius 1 is 1.33 bits per heavy atom. The second-order valence-electron chi connectivity index (χ2n) is 4.07. The Labute approximate surface area is 89.7 Å². The maximum absolute atomic E-state index is 13.4. The number of aliphatic hydroxyl groups is 1. The summed E-state index contributed by atoms with van der Waals surface area (Å²) in [6, 6.07) is 4.53. The zero-order valence-electron chi connectivity index (χ0n) is 9.33. The third-order valence-corrected chi connectivity index (χ3v) is 2.01. The van der Waals surface area contributed by atoms with E-state index in [1.54, 1.807) is 19.1 Å². The van der Waals surface area contributed by atoms with Crippen molar-refractivity contribution in [1.82, 2.24) is 0 Å². The van der Waals surface area contributed by atoms with E-state index in [0.29, 0.717) is 18.1 Å². The van der Waals surface area contributed by atoms with Crippen molar-refractivity contribution in [2.24, 2.45) is 5.92 Å². The number of aliphatic hydroxyl groups excluding tert-OH is 1. The first-order chi connectivity index (χ1) is 7.00. The van der Waals surface area contributed by atoms with Crippen LogP contribution in [0.4, 0.5) is 4.39 Å². The summed E-state index contributed by atoms with van der Waals surface area (Å²) in [5, 5.41) is 9.25. The summed E-state index contributed by atoms with van der Waals surface area (Å²) in [4.78, 5) is 0.